The lowest BCUT2D eigenvalue weighted by molar-refractivity contribution is 0.0866. The van der Waals surface area contributed by atoms with E-state index in [-0.39, 0.29) is 5.41 Å². The molecule has 1 aromatic heterocycles. The molecule has 1 saturated heterocycles. The van der Waals surface area contributed by atoms with Crippen molar-refractivity contribution < 1.29 is 0 Å². The Morgan fingerprint density at radius 3 is 2.63 bits per heavy atom. The molecule has 19 heavy (non-hydrogen) atoms. The molecule has 0 aromatic carbocycles. The smallest absolute Gasteiger partial charge is 0.0727 e. The monoisotopic (exact) mass is 262 g/mol. The zero-order chi connectivity index (χ0) is 14.0. The highest BCUT2D eigenvalue weighted by Crippen LogP contribution is 2.24. The molecule has 1 aliphatic heterocycles. The van der Waals surface area contributed by atoms with Crippen molar-refractivity contribution in [3.63, 3.8) is 0 Å². The molecule has 1 fully saturated rings. The maximum Gasteiger partial charge on any atom is 0.0727 e. The number of hydrogen-bond donors (Lipinski definition) is 1. The molecule has 0 saturated carbocycles. The largest absolute Gasteiger partial charge is 0.311 e. The normalized spacial score (nSPS) is 25.5. The minimum atomic E-state index is 0.289. The predicted molar refractivity (Wildman–Crippen MR) is 77.9 cm³/mol. The maximum atomic E-state index is 4.47. The SMILES string of the molecule is Cc1cnc(CN2CC(C(C)(C)C)NCC2C)cn1. The minimum Gasteiger partial charge on any atom is -0.311 e. The predicted octanol–water partition coefficient (Wildman–Crippen LogP) is 1.99. The molecule has 0 radical (unpaired) electrons. The van der Waals surface area contributed by atoms with Gasteiger partial charge in [-0.2, -0.15) is 0 Å². The summed E-state index contributed by atoms with van der Waals surface area (Å²) in [7, 11) is 0. The van der Waals surface area contributed by atoms with E-state index in [1.807, 2.05) is 19.3 Å². The Bertz CT molecular complexity index is 407. The molecule has 1 aromatic rings. The zero-order valence-corrected chi connectivity index (χ0v) is 12.8. The van der Waals surface area contributed by atoms with Crippen molar-refractivity contribution in [2.75, 3.05) is 13.1 Å². The van der Waals surface area contributed by atoms with Gasteiger partial charge in [-0.3, -0.25) is 14.9 Å². The second-order valence-electron chi connectivity index (χ2n) is 6.75. The quantitative estimate of drug-likeness (QED) is 0.885. The van der Waals surface area contributed by atoms with Crippen molar-refractivity contribution in [1.29, 1.82) is 0 Å². The van der Waals surface area contributed by atoms with Gasteiger partial charge in [0.2, 0.25) is 0 Å². The summed E-state index contributed by atoms with van der Waals surface area (Å²) in [5, 5.41) is 3.66. The molecule has 4 nitrogen and oxygen atoms in total. The van der Waals surface area contributed by atoms with Gasteiger partial charge in [0.15, 0.2) is 0 Å². The fraction of sp³-hybridized carbons (Fsp3) is 0.733. The molecule has 2 atom stereocenters. The highest BCUT2D eigenvalue weighted by Gasteiger charge is 2.32. The molecule has 0 spiro atoms. The van der Waals surface area contributed by atoms with E-state index in [1.165, 1.54) is 0 Å². The summed E-state index contributed by atoms with van der Waals surface area (Å²) in [4.78, 5) is 11.3. The number of hydrogen-bond acceptors (Lipinski definition) is 4. The van der Waals surface area contributed by atoms with Crippen molar-refractivity contribution in [1.82, 2.24) is 20.2 Å². The molecule has 0 bridgehead atoms. The fourth-order valence-corrected chi connectivity index (χ4v) is 2.43. The maximum absolute atomic E-state index is 4.47. The van der Waals surface area contributed by atoms with Crippen molar-refractivity contribution in [2.24, 2.45) is 5.41 Å². The van der Waals surface area contributed by atoms with Crippen LogP contribution in [-0.2, 0) is 6.54 Å². The number of nitrogens with zero attached hydrogens (tertiary/aromatic N) is 3. The van der Waals surface area contributed by atoms with Gasteiger partial charge in [0.05, 0.1) is 11.4 Å². The van der Waals surface area contributed by atoms with Crippen LogP contribution in [0, 0.1) is 12.3 Å². The molecule has 2 rings (SSSR count). The first kappa shape index (κ1) is 14.4. The Balaban J connectivity index is 2.03. The molecule has 0 aliphatic carbocycles. The van der Waals surface area contributed by atoms with E-state index >= 15 is 0 Å². The van der Waals surface area contributed by atoms with E-state index in [0.717, 1.165) is 31.0 Å². The van der Waals surface area contributed by atoms with Crippen LogP contribution in [0.25, 0.3) is 0 Å². The van der Waals surface area contributed by atoms with Crippen LogP contribution in [0.4, 0.5) is 0 Å². The van der Waals surface area contributed by atoms with Crippen LogP contribution in [0.2, 0.25) is 0 Å². The first-order valence-corrected chi connectivity index (χ1v) is 7.11. The van der Waals surface area contributed by atoms with E-state index in [9.17, 15) is 0 Å². The van der Waals surface area contributed by atoms with E-state index in [1.54, 1.807) is 0 Å². The van der Waals surface area contributed by atoms with Crippen LogP contribution in [0.5, 0.6) is 0 Å². The van der Waals surface area contributed by atoms with Crippen LogP contribution < -0.4 is 5.32 Å². The lowest BCUT2D eigenvalue weighted by Gasteiger charge is -2.43. The molecule has 2 unspecified atom stereocenters. The number of piperazine rings is 1. The van der Waals surface area contributed by atoms with E-state index in [0.29, 0.717) is 12.1 Å². The minimum absolute atomic E-state index is 0.289. The van der Waals surface area contributed by atoms with Gasteiger partial charge in [-0.25, -0.2) is 0 Å². The van der Waals surface area contributed by atoms with Crippen molar-refractivity contribution in [2.45, 2.75) is 53.2 Å². The van der Waals surface area contributed by atoms with E-state index in [4.69, 9.17) is 0 Å². The molecule has 0 amide bonds. The molecule has 2 heterocycles. The van der Waals surface area contributed by atoms with Crippen molar-refractivity contribution >= 4 is 0 Å². The van der Waals surface area contributed by atoms with E-state index in [2.05, 4.69) is 47.9 Å². The Labute approximate surface area is 116 Å². The summed E-state index contributed by atoms with van der Waals surface area (Å²) in [5.74, 6) is 0. The van der Waals surface area contributed by atoms with Crippen LogP contribution in [-0.4, -0.2) is 40.0 Å². The summed E-state index contributed by atoms with van der Waals surface area (Å²) in [6, 6.07) is 1.07. The van der Waals surface area contributed by atoms with Gasteiger partial charge in [-0.1, -0.05) is 20.8 Å². The second kappa shape index (κ2) is 5.55. The number of aromatic nitrogens is 2. The summed E-state index contributed by atoms with van der Waals surface area (Å²) >= 11 is 0. The van der Waals surface area contributed by atoms with Gasteiger partial charge in [0, 0.05) is 44.1 Å². The summed E-state index contributed by atoms with van der Waals surface area (Å²) in [6.07, 6.45) is 3.75. The highest BCUT2D eigenvalue weighted by molar-refractivity contribution is 5.02. The van der Waals surface area contributed by atoms with Gasteiger partial charge < -0.3 is 5.32 Å². The van der Waals surface area contributed by atoms with Gasteiger partial charge in [-0.15, -0.1) is 0 Å². The standard InChI is InChI=1S/C15H26N4/c1-11-6-17-13(8-16-11)9-19-10-14(15(3,4)5)18-7-12(19)2/h6,8,12,14,18H,7,9-10H2,1-5H3. The van der Waals surface area contributed by atoms with E-state index < -0.39 is 0 Å². The third-order valence-electron chi connectivity index (χ3n) is 3.94. The summed E-state index contributed by atoms with van der Waals surface area (Å²) in [5.41, 5.74) is 2.33. The molecule has 106 valence electrons. The first-order chi connectivity index (χ1) is 8.86. The fourth-order valence-electron chi connectivity index (χ4n) is 2.43. The molecule has 1 N–H and O–H groups in total. The van der Waals surface area contributed by atoms with Gasteiger partial charge in [-0.05, 0) is 19.3 Å². The van der Waals surface area contributed by atoms with Crippen molar-refractivity contribution in [3.8, 4) is 0 Å². The topological polar surface area (TPSA) is 41.1 Å². The van der Waals surface area contributed by atoms with Gasteiger partial charge >= 0.3 is 0 Å². The van der Waals surface area contributed by atoms with Gasteiger partial charge in [0.1, 0.15) is 0 Å². The Morgan fingerprint density at radius 1 is 1.32 bits per heavy atom. The third kappa shape index (κ3) is 3.74. The van der Waals surface area contributed by atoms with Crippen LogP contribution in [0.15, 0.2) is 12.4 Å². The zero-order valence-electron chi connectivity index (χ0n) is 12.8. The molecular weight excluding hydrogens is 236 g/mol. The number of rotatable bonds is 2. The lowest BCUT2D eigenvalue weighted by atomic mass is 9.85. The average molecular weight is 262 g/mol. The molecule has 4 heteroatoms. The first-order valence-electron chi connectivity index (χ1n) is 7.11. The second-order valence-corrected chi connectivity index (χ2v) is 6.75. The highest BCUT2D eigenvalue weighted by atomic mass is 15.2. The Kier molecular flexibility index (Phi) is 4.21. The molecular formula is C15H26N4. The summed E-state index contributed by atoms with van der Waals surface area (Å²) < 4.78 is 0. The van der Waals surface area contributed by atoms with Crippen molar-refractivity contribution in [3.05, 3.63) is 23.8 Å². The lowest BCUT2D eigenvalue weighted by Crippen LogP contribution is -2.59. The van der Waals surface area contributed by atoms with Crippen LogP contribution >= 0.6 is 0 Å². The molecule has 1 aliphatic rings. The van der Waals surface area contributed by atoms with Gasteiger partial charge in [0.25, 0.3) is 0 Å². The number of aryl methyl sites for hydroxylation is 1. The summed E-state index contributed by atoms with van der Waals surface area (Å²) in [6.45, 7) is 14.1. The Hall–Kier alpha value is -1.00. The van der Waals surface area contributed by atoms with Crippen LogP contribution in [0.3, 0.4) is 0 Å². The average Bonchev–Trinajstić information content (AvgIpc) is 2.33. The van der Waals surface area contributed by atoms with Crippen LogP contribution in [0.1, 0.15) is 39.1 Å². The third-order valence-corrected chi connectivity index (χ3v) is 3.94. The Morgan fingerprint density at radius 2 is 2.05 bits per heavy atom. The number of nitrogens with one attached hydrogen (secondary N) is 1.